The average molecular weight is 344 g/mol. The summed E-state index contributed by atoms with van der Waals surface area (Å²) in [6, 6.07) is 2.18. The molecule has 2 fully saturated rings. The second-order valence-corrected chi connectivity index (χ2v) is 7.24. The van der Waals surface area contributed by atoms with Crippen LogP contribution < -0.4 is 4.90 Å². The Hall–Kier alpha value is -1.83. The maximum absolute atomic E-state index is 12.2. The standard InChI is InChI=1S/C17H20N4O2S/c22-16-10-23-17(12-21(16)15-7-18-13-19-8-15)2-4-20(5-3-17)9-14-1-6-24-11-14/h1,6-8,11,13H,2-5,9-10,12H2. The van der Waals surface area contributed by atoms with Crippen LogP contribution in [0.15, 0.2) is 35.5 Å². The fourth-order valence-electron chi connectivity index (χ4n) is 3.44. The third-order valence-electron chi connectivity index (χ3n) is 4.86. The topological polar surface area (TPSA) is 58.6 Å². The van der Waals surface area contributed by atoms with Crippen LogP contribution >= 0.6 is 11.3 Å². The molecule has 2 aromatic rings. The number of hydrogen-bond donors (Lipinski definition) is 0. The summed E-state index contributed by atoms with van der Waals surface area (Å²) in [7, 11) is 0. The number of amides is 1. The van der Waals surface area contributed by atoms with Gasteiger partial charge in [-0.05, 0) is 35.2 Å². The number of anilines is 1. The number of piperidine rings is 1. The van der Waals surface area contributed by atoms with Gasteiger partial charge < -0.3 is 9.64 Å². The number of hydrogen-bond acceptors (Lipinski definition) is 6. The first kappa shape index (κ1) is 15.7. The molecule has 0 aromatic carbocycles. The molecule has 2 aromatic heterocycles. The van der Waals surface area contributed by atoms with E-state index in [4.69, 9.17) is 4.74 Å². The molecule has 0 radical (unpaired) electrons. The van der Waals surface area contributed by atoms with E-state index in [1.54, 1.807) is 28.6 Å². The summed E-state index contributed by atoms with van der Waals surface area (Å²) in [5.74, 6) is -0.0175. The van der Waals surface area contributed by atoms with Crippen LogP contribution in [0.3, 0.4) is 0 Å². The summed E-state index contributed by atoms with van der Waals surface area (Å²) in [5, 5.41) is 4.33. The summed E-state index contributed by atoms with van der Waals surface area (Å²) in [6.07, 6.45) is 6.74. The second-order valence-electron chi connectivity index (χ2n) is 6.46. The molecule has 126 valence electrons. The van der Waals surface area contributed by atoms with Crippen molar-refractivity contribution in [2.24, 2.45) is 0 Å². The Kier molecular flexibility index (Phi) is 4.30. The molecule has 0 bridgehead atoms. The van der Waals surface area contributed by atoms with Gasteiger partial charge in [-0.15, -0.1) is 0 Å². The maximum Gasteiger partial charge on any atom is 0.253 e. The quantitative estimate of drug-likeness (QED) is 0.852. The molecule has 24 heavy (non-hydrogen) atoms. The summed E-state index contributed by atoms with van der Waals surface area (Å²) in [6.45, 7) is 3.70. The van der Waals surface area contributed by atoms with Crippen molar-refractivity contribution in [3.63, 3.8) is 0 Å². The molecule has 2 aliphatic rings. The SMILES string of the molecule is O=C1COC2(CCN(Cc3ccsc3)CC2)CN1c1cncnc1. The van der Waals surface area contributed by atoms with Crippen LogP contribution in [0.4, 0.5) is 5.69 Å². The number of carbonyl (C=O) groups excluding carboxylic acids is 1. The van der Waals surface area contributed by atoms with Crippen molar-refractivity contribution in [3.8, 4) is 0 Å². The molecule has 7 heteroatoms. The number of nitrogens with zero attached hydrogens (tertiary/aromatic N) is 4. The minimum Gasteiger partial charge on any atom is -0.363 e. The van der Waals surface area contributed by atoms with Gasteiger partial charge in [0.25, 0.3) is 5.91 Å². The van der Waals surface area contributed by atoms with Gasteiger partial charge in [-0.1, -0.05) is 0 Å². The highest BCUT2D eigenvalue weighted by molar-refractivity contribution is 7.07. The van der Waals surface area contributed by atoms with Gasteiger partial charge in [0.2, 0.25) is 0 Å². The van der Waals surface area contributed by atoms with Gasteiger partial charge in [-0.3, -0.25) is 9.69 Å². The van der Waals surface area contributed by atoms with E-state index in [1.807, 2.05) is 0 Å². The summed E-state index contributed by atoms with van der Waals surface area (Å²) >= 11 is 1.74. The lowest BCUT2D eigenvalue weighted by atomic mass is 9.89. The van der Waals surface area contributed by atoms with Crippen LogP contribution in [-0.2, 0) is 16.1 Å². The first-order chi connectivity index (χ1) is 11.7. The van der Waals surface area contributed by atoms with Gasteiger partial charge in [-0.25, -0.2) is 9.97 Å². The predicted octanol–water partition coefficient (Wildman–Crippen LogP) is 1.94. The molecule has 0 atom stereocenters. The molecule has 0 unspecified atom stereocenters. The molecular formula is C17H20N4O2S. The second kappa shape index (κ2) is 6.58. The minimum absolute atomic E-state index is 0.0175. The first-order valence-corrected chi connectivity index (χ1v) is 9.11. The summed E-state index contributed by atoms with van der Waals surface area (Å²) < 4.78 is 6.00. The molecule has 4 heterocycles. The smallest absolute Gasteiger partial charge is 0.253 e. The van der Waals surface area contributed by atoms with Crippen molar-refractivity contribution in [1.82, 2.24) is 14.9 Å². The van der Waals surface area contributed by atoms with Crippen molar-refractivity contribution in [2.75, 3.05) is 31.1 Å². The Morgan fingerprint density at radius 3 is 2.75 bits per heavy atom. The van der Waals surface area contributed by atoms with Crippen LogP contribution in [-0.4, -0.2) is 52.6 Å². The fraction of sp³-hybridized carbons (Fsp3) is 0.471. The molecule has 0 N–H and O–H groups in total. The van der Waals surface area contributed by atoms with Crippen LogP contribution in [0, 0.1) is 0 Å². The fourth-order valence-corrected chi connectivity index (χ4v) is 4.10. The van der Waals surface area contributed by atoms with Gasteiger partial charge in [0.1, 0.15) is 12.9 Å². The number of likely N-dealkylation sites (tertiary alicyclic amines) is 1. The third kappa shape index (κ3) is 3.19. The van der Waals surface area contributed by atoms with Gasteiger partial charge in [-0.2, -0.15) is 11.3 Å². The lowest BCUT2D eigenvalue weighted by Crippen LogP contribution is -2.58. The van der Waals surface area contributed by atoms with E-state index >= 15 is 0 Å². The monoisotopic (exact) mass is 344 g/mol. The number of thiophene rings is 1. The lowest BCUT2D eigenvalue weighted by Gasteiger charge is -2.46. The average Bonchev–Trinajstić information content (AvgIpc) is 3.13. The highest BCUT2D eigenvalue weighted by Crippen LogP contribution is 2.32. The van der Waals surface area contributed by atoms with Gasteiger partial charge in [0.15, 0.2) is 0 Å². The van der Waals surface area contributed by atoms with Crippen LogP contribution in [0.25, 0.3) is 0 Å². The minimum atomic E-state index is -0.241. The maximum atomic E-state index is 12.2. The largest absolute Gasteiger partial charge is 0.363 e. The lowest BCUT2D eigenvalue weighted by molar-refractivity contribution is -0.145. The zero-order valence-electron chi connectivity index (χ0n) is 13.4. The van der Waals surface area contributed by atoms with E-state index in [2.05, 4.69) is 31.7 Å². The normalized spacial score (nSPS) is 21.3. The first-order valence-electron chi connectivity index (χ1n) is 8.17. The molecule has 0 aliphatic carbocycles. The van der Waals surface area contributed by atoms with Crippen molar-refractivity contribution >= 4 is 22.9 Å². The van der Waals surface area contributed by atoms with Crippen LogP contribution in [0.5, 0.6) is 0 Å². The highest BCUT2D eigenvalue weighted by atomic mass is 32.1. The molecule has 1 spiro atoms. The molecule has 1 amide bonds. The van der Waals surface area contributed by atoms with Gasteiger partial charge in [0.05, 0.1) is 30.2 Å². The van der Waals surface area contributed by atoms with E-state index in [1.165, 1.54) is 11.9 Å². The van der Waals surface area contributed by atoms with Gasteiger partial charge in [0, 0.05) is 19.6 Å². The van der Waals surface area contributed by atoms with Crippen molar-refractivity contribution in [3.05, 3.63) is 41.1 Å². The van der Waals surface area contributed by atoms with Gasteiger partial charge >= 0.3 is 0 Å². The molecule has 0 saturated carbocycles. The molecule has 2 aliphatic heterocycles. The molecular weight excluding hydrogens is 324 g/mol. The Labute approximate surface area is 145 Å². The zero-order valence-corrected chi connectivity index (χ0v) is 14.2. The van der Waals surface area contributed by atoms with E-state index < -0.39 is 0 Å². The molecule has 6 nitrogen and oxygen atoms in total. The van der Waals surface area contributed by atoms with Crippen molar-refractivity contribution in [1.29, 1.82) is 0 Å². The molecule has 2 saturated heterocycles. The van der Waals surface area contributed by atoms with E-state index in [9.17, 15) is 4.79 Å². The summed E-state index contributed by atoms with van der Waals surface area (Å²) in [4.78, 5) is 24.5. The Morgan fingerprint density at radius 1 is 1.25 bits per heavy atom. The highest BCUT2D eigenvalue weighted by Gasteiger charge is 2.42. The Morgan fingerprint density at radius 2 is 2.04 bits per heavy atom. The summed E-state index contributed by atoms with van der Waals surface area (Å²) in [5.41, 5.74) is 1.89. The van der Waals surface area contributed by atoms with Crippen LogP contribution in [0.1, 0.15) is 18.4 Å². The van der Waals surface area contributed by atoms with E-state index in [0.29, 0.717) is 6.54 Å². The zero-order chi connectivity index (χ0) is 16.4. The number of aromatic nitrogens is 2. The number of rotatable bonds is 3. The predicted molar refractivity (Wildman–Crippen MR) is 91.9 cm³/mol. The van der Waals surface area contributed by atoms with Crippen molar-refractivity contribution in [2.45, 2.75) is 25.0 Å². The van der Waals surface area contributed by atoms with Crippen molar-refractivity contribution < 1.29 is 9.53 Å². The Balaban J connectivity index is 1.42. The third-order valence-corrected chi connectivity index (χ3v) is 5.59. The molecule has 4 rings (SSSR count). The van der Waals surface area contributed by atoms with Crippen LogP contribution in [0.2, 0.25) is 0 Å². The number of ether oxygens (including phenoxy) is 1. The van der Waals surface area contributed by atoms with E-state index in [-0.39, 0.29) is 18.1 Å². The number of morpholine rings is 1. The Bertz CT molecular complexity index is 684. The number of carbonyl (C=O) groups is 1. The van der Waals surface area contributed by atoms with E-state index in [0.717, 1.165) is 38.2 Å².